The molecular weight excluding hydrogens is 298 g/mol. The molecule has 2 atom stereocenters. The SMILES string of the molecule is Cc1ccc(-c2[nH]ncc2CN2CCS[C@@H]3COCC[C@H]32)o1. The Bertz CT molecular complexity index is 637. The van der Waals surface area contributed by atoms with Crippen molar-refractivity contribution in [2.24, 2.45) is 0 Å². The summed E-state index contributed by atoms with van der Waals surface area (Å²) < 4.78 is 11.4. The van der Waals surface area contributed by atoms with Gasteiger partial charge in [-0.2, -0.15) is 16.9 Å². The average Bonchev–Trinajstić information content (AvgIpc) is 3.16. The summed E-state index contributed by atoms with van der Waals surface area (Å²) in [4.78, 5) is 2.59. The highest BCUT2D eigenvalue weighted by Crippen LogP contribution is 2.32. The lowest BCUT2D eigenvalue weighted by Gasteiger charge is -2.43. The number of thioether (sulfide) groups is 1. The zero-order chi connectivity index (χ0) is 14.9. The van der Waals surface area contributed by atoms with E-state index < -0.39 is 0 Å². The van der Waals surface area contributed by atoms with E-state index in [-0.39, 0.29) is 0 Å². The Morgan fingerprint density at radius 1 is 1.45 bits per heavy atom. The number of aryl methyl sites for hydroxylation is 1. The Morgan fingerprint density at radius 3 is 3.27 bits per heavy atom. The van der Waals surface area contributed by atoms with Gasteiger partial charge in [0.2, 0.25) is 0 Å². The van der Waals surface area contributed by atoms with Crippen LogP contribution in [-0.4, -0.2) is 51.9 Å². The fraction of sp³-hybridized carbons (Fsp3) is 0.562. The molecule has 2 aromatic heterocycles. The van der Waals surface area contributed by atoms with Gasteiger partial charge in [0.15, 0.2) is 5.76 Å². The first-order valence-corrected chi connectivity index (χ1v) is 8.88. The number of hydrogen-bond acceptors (Lipinski definition) is 5. The van der Waals surface area contributed by atoms with Crippen LogP contribution >= 0.6 is 11.8 Å². The largest absolute Gasteiger partial charge is 0.460 e. The van der Waals surface area contributed by atoms with Gasteiger partial charge in [-0.25, -0.2) is 0 Å². The summed E-state index contributed by atoms with van der Waals surface area (Å²) in [5.74, 6) is 2.98. The molecule has 4 heterocycles. The highest BCUT2D eigenvalue weighted by Gasteiger charge is 2.34. The summed E-state index contributed by atoms with van der Waals surface area (Å²) in [5, 5.41) is 7.95. The predicted octanol–water partition coefficient (Wildman–Crippen LogP) is 2.68. The van der Waals surface area contributed by atoms with Crippen molar-refractivity contribution in [2.45, 2.75) is 31.2 Å². The van der Waals surface area contributed by atoms with Crippen LogP contribution in [0.25, 0.3) is 11.5 Å². The lowest BCUT2D eigenvalue weighted by atomic mass is 10.0. The van der Waals surface area contributed by atoms with Crippen molar-refractivity contribution < 1.29 is 9.15 Å². The number of furan rings is 1. The third-order valence-corrected chi connectivity index (χ3v) is 5.82. The first kappa shape index (κ1) is 14.4. The molecule has 2 aliphatic rings. The minimum Gasteiger partial charge on any atom is -0.460 e. The Hall–Kier alpha value is -1.24. The fourth-order valence-electron chi connectivity index (χ4n) is 3.39. The van der Waals surface area contributed by atoms with Gasteiger partial charge < -0.3 is 9.15 Å². The van der Waals surface area contributed by atoms with E-state index in [1.165, 1.54) is 11.3 Å². The molecule has 118 valence electrons. The number of fused-ring (bicyclic) bond motifs is 1. The molecule has 0 saturated carbocycles. The molecule has 22 heavy (non-hydrogen) atoms. The third kappa shape index (κ3) is 2.71. The molecule has 4 rings (SSSR count). The Balaban J connectivity index is 1.55. The molecule has 0 unspecified atom stereocenters. The minimum absolute atomic E-state index is 0.615. The maximum absolute atomic E-state index is 5.75. The zero-order valence-electron chi connectivity index (χ0n) is 12.7. The molecule has 0 radical (unpaired) electrons. The van der Waals surface area contributed by atoms with Gasteiger partial charge in [0, 0.05) is 42.3 Å². The molecule has 2 fully saturated rings. The Labute approximate surface area is 134 Å². The smallest absolute Gasteiger partial charge is 0.152 e. The molecular formula is C16H21N3O2S. The number of aromatic amines is 1. The van der Waals surface area contributed by atoms with Crippen LogP contribution in [0.5, 0.6) is 0 Å². The van der Waals surface area contributed by atoms with Gasteiger partial charge in [-0.05, 0) is 25.5 Å². The standard InChI is InChI=1S/C16H21N3O2S/c1-11-2-3-14(21-11)16-12(8-17-18-16)9-19-5-7-22-15-10-20-6-4-13(15)19/h2-3,8,13,15H,4-7,9-10H2,1H3,(H,17,18)/t13-,15-/m1/s1. The maximum atomic E-state index is 5.75. The van der Waals surface area contributed by atoms with E-state index in [1.54, 1.807) is 0 Å². The monoisotopic (exact) mass is 319 g/mol. The van der Waals surface area contributed by atoms with E-state index in [0.717, 1.165) is 49.9 Å². The fourth-order valence-corrected chi connectivity index (χ4v) is 4.76. The van der Waals surface area contributed by atoms with Gasteiger partial charge in [0.1, 0.15) is 11.5 Å². The second-order valence-electron chi connectivity index (χ2n) is 5.99. The summed E-state index contributed by atoms with van der Waals surface area (Å²) in [5.41, 5.74) is 2.22. The summed E-state index contributed by atoms with van der Waals surface area (Å²) >= 11 is 2.06. The van der Waals surface area contributed by atoms with E-state index in [9.17, 15) is 0 Å². The normalized spacial score (nSPS) is 26.0. The number of rotatable bonds is 3. The van der Waals surface area contributed by atoms with Crippen LogP contribution in [-0.2, 0) is 11.3 Å². The van der Waals surface area contributed by atoms with E-state index in [2.05, 4.69) is 26.9 Å². The number of ether oxygens (including phenoxy) is 1. The molecule has 2 aliphatic heterocycles. The topological polar surface area (TPSA) is 54.3 Å². The van der Waals surface area contributed by atoms with Crippen LogP contribution < -0.4 is 0 Å². The van der Waals surface area contributed by atoms with Crippen LogP contribution in [0.2, 0.25) is 0 Å². The number of nitrogens with zero attached hydrogens (tertiary/aromatic N) is 2. The molecule has 0 amide bonds. The highest BCUT2D eigenvalue weighted by molar-refractivity contribution is 8.00. The molecule has 0 spiro atoms. The Kier molecular flexibility index (Phi) is 3.98. The van der Waals surface area contributed by atoms with Gasteiger partial charge in [-0.15, -0.1) is 0 Å². The lowest BCUT2D eigenvalue weighted by Crippen LogP contribution is -2.51. The van der Waals surface area contributed by atoms with Gasteiger partial charge in [-0.3, -0.25) is 10.00 Å². The molecule has 1 N–H and O–H groups in total. The summed E-state index contributed by atoms with van der Waals surface area (Å²) in [7, 11) is 0. The molecule has 5 nitrogen and oxygen atoms in total. The predicted molar refractivity (Wildman–Crippen MR) is 86.9 cm³/mol. The molecule has 0 aliphatic carbocycles. The van der Waals surface area contributed by atoms with E-state index >= 15 is 0 Å². The molecule has 6 heteroatoms. The van der Waals surface area contributed by atoms with E-state index in [4.69, 9.17) is 9.15 Å². The maximum Gasteiger partial charge on any atom is 0.152 e. The summed E-state index contributed by atoms with van der Waals surface area (Å²) in [6.07, 6.45) is 3.06. The highest BCUT2D eigenvalue weighted by atomic mass is 32.2. The quantitative estimate of drug-likeness (QED) is 0.942. The third-order valence-electron chi connectivity index (χ3n) is 4.53. The van der Waals surface area contributed by atoms with E-state index in [0.29, 0.717) is 11.3 Å². The van der Waals surface area contributed by atoms with Gasteiger partial charge in [0.25, 0.3) is 0 Å². The number of hydrogen-bond donors (Lipinski definition) is 1. The summed E-state index contributed by atoms with van der Waals surface area (Å²) in [6, 6.07) is 4.62. The molecule has 2 aromatic rings. The van der Waals surface area contributed by atoms with Crippen LogP contribution in [0, 0.1) is 6.92 Å². The molecule has 2 saturated heterocycles. The van der Waals surface area contributed by atoms with Crippen molar-refractivity contribution in [3.8, 4) is 11.5 Å². The van der Waals surface area contributed by atoms with Crippen molar-refractivity contribution >= 4 is 11.8 Å². The average molecular weight is 319 g/mol. The number of H-pyrrole nitrogens is 1. The Morgan fingerprint density at radius 2 is 2.41 bits per heavy atom. The summed E-state index contributed by atoms with van der Waals surface area (Å²) in [6.45, 7) is 5.80. The first-order chi connectivity index (χ1) is 10.8. The lowest BCUT2D eigenvalue weighted by molar-refractivity contribution is 0.0352. The number of aromatic nitrogens is 2. The van der Waals surface area contributed by atoms with Crippen LogP contribution in [0.3, 0.4) is 0 Å². The van der Waals surface area contributed by atoms with Crippen molar-refractivity contribution in [3.05, 3.63) is 29.7 Å². The van der Waals surface area contributed by atoms with E-state index in [1.807, 2.05) is 25.3 Å². The zero-order valence-corrected chi connectivity index (χ0v) is 13.6. The molecule has 0 bridgehead atoms. The number of nitrogens with one attached hydrogen (secondary N) is 1. The van der Waals surface area contributed by atoms with Gasteiger partial charge in [-0.1, -0.05) is 0 Å². The van der Waals surface area contributed by atoms with Gasteiger partial charge >= 0.3 is 0 Å². The first-order valence-electron chi connectivity index (χ1n) is 7.84. The van der Waals surface area contributed by atoms with Crippen LogP contribution in [0.4, 0.5) is 0 Å². The molecule has 0 aromatic carbocycles. The van der Waals surface area contributed by atoms with Crippen LogP contribution in [0.1, 0.15) is 17.7 Å². The van der Waals surface area contributed by atoms with Crippen LogP contribution in [0.15, 0.2) is 22.7 Å². The van der Waals surface area contributed by atoms with Gasteiger partial charge in [0.05, 0.1) is 12.8 Å². The van der Waals surface area contributed by atoms with Crippen molar-refractivity contribution in [2.75, 3.05) is 25.5 Å². The van der Waals surface area contributed by atoms with Crippen molar-refractivity contribution in [1.82, 2.24) is 15.1 Å². The van der Waals surface area contributed by atoms with Crippen molar-refractivity contribution in [3.63, 3.8) is 0 Å². The second kappa shape index (κ2) is 6.10. The van der Waals surface area contributed by atoms with Crippen molar-refractivity contribution in [1.29, 1.82) is 0 Å². The second-order valence-corrected chi connectivity index (χ2v) is 7.34. The minimum atomic E-state index is 0.615.